The van der Waals surface area contributed by atoms with Crippen molar-refractivity contribution in [2.75, 3.05) is 18.5 Å². The molecule has 0 amide bonds. The number of rotatable bonds is 5. The van der Waals surface area contributed by atoms with E-state index in [1.54, 1.807) is 0 Å². The zero-order valence-electron chi connectivity index (χ0n) is 10.7. The monoisotopic (exact) mass is 254 g/mol. The van der Waals surface area contributed by atoms with E-state index in [0.29, 0.717) is 12.0 Å². The molecule has 1 aromatic heterocycles. The molecule has 1 heterocycles. The first-order chi connectivity index (χ1) is 8.26. The second-order valence-corrected chi connectivity index (χ2v) is 5.58. The summed E-state index contributed by atoms with van der Waals surface area (Å²) in [6.45, 7) is 2.95. The fourth-order valence-electron chi connectivity index (χ4n) is 2.66. The van der Waals surface area contributed by atoms with E-state index in [4.69, 9.17) is 5.73 Å². The predicted octanol–water partition coefficient (Wildman–Crippen LogP) is 2.05. The van der Waals surface area contributed by atoms with Crippen LogP contribution in [-0.4, -0.2) is 29.0 Å². The number of aromatic nitrogens is 2. The third-order valence-corrected chi connectivity index (χ3v) is 4.50. The summed E-state index contributed by atoms with van der Waals surface area (Å²) in [7, 11) is 2.13. The molecule has 0 aromatic carbocycles. The maximum Gasteiger partial charge on any atom is 0.205 e. The van der Waals surface area contributed by atoms with Crippen molar-refractivity contribution >= 4 is 16.7 Å². The number of nitrogens with zero attached hydrogens (tertiary/aromatic N) is 3. The third-order valence-electron chi connectivity index (χ3n) is 3.65. The SMILES string of the molecule is CCCc1nsc(N(C)C2CCCC2CN)n1. The number of hydrogen-bond acceptors (Lipinski definition) is 5. The van der Waals surface area contributed by atoms with Crippen LogP contribution in [0.25, 0.3) is 0 Å². The Bertz CT molecular complexity index is 352. The van der Waals surface area contributed by atoms with E-state index < -0.39 is 0 Å². The van der Waals surface area contributed by atoms with Gasteiger partial charge in [0, 0.05) is 31.0 Å². The van der Waals surface area contributed by atoms with Crippen molar-refractivity contribution < 1.29 is 0 Å². The summed E-state index contributed by atoms with van der Waals surface area (Å²) in [5.41, 5.74) is 5.83. The van der Waals surface area contributed by atoms with Gasteiger partial charge in [0.1, 0.15) is 5.82 Å². The molecule has 17 heavy (non-hydrogen) atoms. The second kappa shape index (κ2) is 5.78. The van der Waals surface area contributed by atoms with Crippen molar-refractivity contribution in [2.24, 2.45) is 11.7 Å². The highest BCUT2D eigenvalue weighted by atomic mass is 32.1. The number of nitrogens with two attached hydrogens (primary N) is 1. The standard InChI is InChI=1S/C12H22N4S/c1-3-5-11-14-12(17-15-11)16(2)10-7-4-6-9(10)8-13/h9-10H,3-8,13H2,1-2H3. The van der Waals surface area contributed by atoms with Gasteiger partial charge in [0.15, 0.2) is 0 Å². The Morgan fingerprint density at radius 2 is 2.29 bits per heavy atom. The zero-order chi connectivity index (χ0) is 12.3. The van der Waals surface area contributed by atoms with Crippen LogP contribution in [-0.2, 0) is 6.42 Å². The molecule has 0 spiro atoms. The number of anilines is 1. The molecule has 1 fully saturated rings. The van der Waals surface area contributed by atoms with Crippen LogP contribution in [0.1, 0.15) is 38.4 Å². The van der Waals surface area contributed by atoms with Crippen molar-refractivity contribution in [1.29, 1.82) is 0 Å². The molecule has 0 saturated heterocycles. The lowest BCUT2D eigenvalue weighted by Crippen LogP contribution is -2.37. The van der Waals surface area contributed by atoms with Crippen LogP contribution in [0.3, 0.4) is 0 Å². The van der Waals surface area contributed by atoms with Crippen molar-refractivity contribution in [3.63, 3.8) is 0 Å². The van der Waals surface area contributed by atoms with Gasteiger partial charge in [-0.3, -0.25) is 0 Å². The highest BCUT2D eigenvalue weighted by Gasteiger charge is 2.30. The Balaban J connectivity index is 2.04. The lowest BCUT2D eigenvalue weighted by molar-refractivity contribution is 0.474. The number of aryl methyl sites for hydroxylation is 1. The molecule has 2 N–H and O–H groups in total. The molecular weight excluding hydrogens is 232 g/mol. The predicted molar refractivity (Wildman–Crippen MR) is 72.5 cm³/mol. The van der Waals surface area contributed by atoms with Crippen LogP contribution in [0.4, 0.5) is 5.13 Å². The van der Waals surface area contributed by atoms with Gasteiger partial charge in [0.25, 0.3) is 0 Å². The number of hydrogen-bond donors (Lipinski definition) is 1. The topological polar surface area (TPSA) is 55.0 Å². The van der Waals surface area contributed by atoms with Gasteiger partial charge in [-0.15, -0.1) is 0 Å². The van der Waals surface area contributed by atoms with Crippen LogP contribution < -0.4 is 10.6 Å². The van der Waals surface area contributed by atoms with Gasteiger partial charge in [-0.2, -0.15) is 4.37 Å². The van der Waals surface area contributed by atoms with Crippen LogP contribution in [0.2, 0.25) is 0 Å². The minimum Gasteiger partial charge on any atom is -0.347 e. The molecule has 2 atom stereocenters. The smallest absolute Gasteiger partial charge is 0.205 e. The van der Waals surface area contributed by atoms with Crippen LogP contribution in [0.15, 0.2) is 0 Å². The fourth-order valence-corrected chi connectivity index (χ4v) is 3.39. The maximum atomic E-state index is 5.83. The van der Waals surface area contributed by atoms with Crippen molar-refractivity contribution in [3.05, 3.63) is 5.82 Å². The Hall–Kier alpha value is -0.680. The summed E-state index contributed by atoms with van der Waals surface area (Å²) in [5.74, 6) is 1.61. The minimum absolute atomic E-state index is 0.558. The lowest BCUT2D eigenvalue weighted by Gasteiger charge is -2.28. The van der Waals surface area contributed by atoms with Gasteiger partial charge in [0.2, 0.25) is 5.13 Å². The average Bonchev–Trinajstić information content (AvgIpc) is 2.96. The summed E-state index contributed by atoms with van der Waals surface area (Å²) >= 11 is 1.52. The van der Waals surface area contributed by atoms with Crippen molar-refractivity contribution in [2.45, 2.75) is 45.1 Å². The first kappa shape index (κ1) is 12.8. The molecule has 96 valence electrons. The lowest BCUT2D eigenvalue weighted by atomic mass is 10.0. The average molecular weight is 254 g/mol. The first-order valence-electron chi connectivity index (χ1n) is 6.51. The zero-order valence-corrected chi connectivity index (χ0v) is 11.5. The Kier molecular flexibility index (Phi) is 4.34. The van der Waals surface area contributed by atoms with Crippen LogP contribution in [0.5, 0.6) is 0 Å². The van der Waals surface area contributed by atoms with E-state index in [1.807, 2.05) is 0 Å². The van der Waals surface area contributed by atoms with E-state index in [0.717, 1.165) is 30.3 Å². The van der Waals surface area contributed by atoms with E-state index in [9.17, 15) is 0 Å². The van der Waals surface area contributed by atoms with E-state index in [-0.39, 0.29) is 0 Å². The Morgan fingerprint density at radius 1 is 1.47 bits per heavy atom. The van der Waals surface area contributed by atoms with E-state index >= 15 is 0 Å². The highest BCUT2D eigenvalue weighted by Crippen LogP contribution is 2.32. The molecule has 1 saturated carbocycles. The minimum atomic E-state index is 0.558. The molecule has 4 nitrogen and oxygen atoms in total. The van der Waals surface area contributed by atoms with Crippen LogP contribution >= 0.6 is 11.5 Å². The van der Waals surface area contributed by atoms with Crippen molar-refractivity contribution in [3.8, 4) is 0 Å². The summed E-state index contributed by atoms with van der Waals surface area (Å²) in [6.07, 6.45) is 5.87. The fraction of sp³-hybridized carbons (Fsp3) is 0.833. The molecule has 0 bridgehead atoms. The summed E-state index contributed by atoms with van der Waals surface area (Å²) in [5, 5.41) is 1.05. The van der Waals surface area contributed by atoms with Gasteiger partial charge in [0.05, 0.1) is 0 Å². The summed E-state index contributed by atoms with van der Waals surface area (Å²) in [4.78, 5) is 6.90. The molecule has 2 unspecified atom stereocenters. The molecule has 1 aliphatic carbocycles. The largest absolute Gasteiger partial charge is 0.347 e. The molecule has 2 rings (SSSR count). The highest BCUT2D eigenvalue weighted by molar-refractivity contribution is 7.09. The molecule has 1 aliphatic rings. The molecule has 5 heteroatoms. The molecule has 0 aliphatic heterocycles. The quantitative estimate of drug-likeness (QED) is 0.874. The van der Waals surface area contributed by atoms with Gasteiger partial charge in [-0.05, 0) is 31.7 Å². The van der Waals surface area contributed by atoms with Crippen molar-refractivity contribution in [1.82, 2.24) is 9.36 Å². The summed E-state index contributed by atoms with van der Waals surface area (Å²) in [6, 6.07) is 0.558. The summed E-state index contributed by atoms with van der Waals surface area (Å²) < 4.78 is 4.41. The van der Waals surface area contributed by atoms with Gasteiger partial charge in [-0.25, -0.2) is 4.98 Å². The first-order valence-corrected chi connectivity index (χ1v) is 7.29. The third kappa shape index (κ3) is 2.77. The molecule has 0 radical (unpaired) electrons. The Morgan fingerprint density at radius 3 is 3.00 bits per heavy atom. The molecular formula is C12H22N4S. The van der Waals surface area contributed by atoms with Gasteiger partial charge < -0.3 is 10.6 Å². The van der Waals surface area contributed by atoms with Gasteiger partial charge in [-0.1, -0.05) is 13.3 Å². The maximum absolute atomic E-state index is 5.83. The second-order valence-electron chi connectivity index (χ2n) is 4.85. The Labute approximate surface area is 107 Å². The van der Waals surface area contributed by atoms with Crippen LogP contribution in [0, 0.1) is 5.92 Å². The van der Waals surface area contributed by atoms with Gasteiger partial charge >= 0.3 is 0 Å². The van der Waals surface area contributed by atoms with E-state index in [2.05, 4.69) is 28.2 Å². The molecule has 1 aromatic rings. The van der Waals surface area contributed by atoms with E-state index in [1.165, 1.54) is 30.8 Å². The normalized spacial score (nSPS) is 24.2.